The Morgan fingerprint density at radius 3 is 2.58 bits per heavy atom. The topological polar surface area (TPSA) is 80.8 Å². The molecule has 6 nitrogen and oxygen atoms in total. The molecule has 3 rings (SSSR count). The van der Waals surface area contributed by atoms with Gasteiger partial charge < -0.3 is 10.6 Å². The van der Waals surface area contributed by atoms with Gasteiger partial charge in [0.2, 0.25) is 11.9 Å². The molecule has 2 heterocycles. The number of nitrogen functional groups attached to an aromatic ring is 1. The van der Waals surface area contributed by atoms with Gasteiger partial charge in [0.25, 0.3) is 0 Å². The minimum Gasteiger partial charge on any atom is -0.368 e. The summed E-state index contributed by atoms with van der Waals surface area (Å²) in [5, 5.41) is 2.17. The molecule has 1 aromatic carbocycles. The average molecular weight is 369 g/mol. The lowest BCUT2D eigenvalue weighted by Crippen LogP contribution is -2.15. The van der Waals surface area contributed by atoms with Crippen LogP contribution in [0, 0.1) is 6.92 Å². The Morgan fingerprint density at radius 1 is 1.12 bits per heavy atom. The van der Waals surface area contributed by atoms with E-state index in [1.165, 1.54) is 16.5 Å². The third-order valence-electron chi connectivity index (χ3n) is 4.11. The molecule has 0 amide bonds. The second-order valence-corrected chi connectivity index (χ2v) is 7.76. The van der Waals surface area contributed by atoms with Crippen molar-refractivity contribution in [2.45, 2.75) is 37.5 Å². The van der Waals surface area contributed by atoms with Crippen LogP contribution in [0.25, 0.3) is 10.9 Å². The number of aryl methyl sites for hydroxylation is 1. The van der Waals surface area contributed by atoms with Crippen LogP contribution in [0.3, 0.4) is 0 Å². The molecule has 0 bridgehead atoms. The molecular formula is C19H24N6S. The minimum atomic E-state index is 0.240. The lowest BCUT2D eigenvalue weighted by molar-refractivity contribution is 0.870. The fraction of sp³-hybridized carbons (Fsp3) is 0.368. The van der Waals surface area contributed by atoms with Crippen LogP contribution in [0.4, 0.5) is 11.9 Å². The molecule has 7 heteroatoms. The summed E-state index contributed by atoms with van der Waals surface area (Å²) in [5.41, 5.74) is 9.38. The van der Waals surface area contributed by atoms with E-state index in [2.05, 4.69) is 60.0 Å². The minimum absolute atomic E-state index is 0.240. The van der Waals surface area contributed by atoms with E-state index in [1.807, 2.05) is 19.0 Å². The van der Waals surface area contributed by atoms with Crippen molar-refractivity contribution in [1.82, 2.24) is 19.9 Å². The fourth-order valence-corrected chi connectivity index (χ4v) is 3.60. The van der Waals surface area contributed by atoms with Crippen LogP contribution < -0.4 is 10.6 Å². The molecule has 0 saturated heterocycles. The zero-order valence-corrected chi connectivity index (χ0v) is 16.6. The monoisotopic (exact) mass is 368 g/mol. The predicted molar refractivity (Wildman–Crippen MR) is 109 cm³/mol. The maximum Gasteiger partial charge on any atom is 0.229 e. The molecular weight excluding hydrogens is 344 g/mol. The van der Waals surface area contributed by atoms with Gasteiger partial charge in [0, 0.05) is 19.5 Å². The van der Waals surface area contributed by atoms with E-state index in [1.54, 1.807) is 11.8 Å². The molecule has 3 aromatic rings. The van der Waals surface area contributed by atoms with Crippen LogP contribution in [0.2, 0.25) is 0 Å². The number of fused-ring (bicyclic) bond motifs is 1. The maximum absolute atomic E-state index is 5.80. The molecule has 2 N–H and O–H groups in total. The van der Waals surface area contributed by atoms with Crippen LogP contribution in [0.1, 0.15) is 36.7 Å². The van der Waals surface area contributed by atoms with E-state index in [0.29, 0.717) is 23.4 Å². The summed E-state index contributed by atoms with van der Waals surface area (Å²) < 4.78 is 0. The van der Waals surface area contributed by atoms with E-state index in [9.17, 15) is 0 Å². The van der Waals surface area contributed by atoms with Gasteiger partial charge in [0.1, 0.15) is 5.82 Å². The van der Waals surface area contributed by atoms with E-state index in [-0.39, 0.29) is 5.95 Å². The van der Waals surface area contributed by atoms with E-state index >= 15 is 0 Å². The average Bonchev–Trinajstić information content (AvgIpc) is 2.59. The van der Waals surface area contributed by atoms with Gasteiger partial charge in [-0.3, -0.25) is 0 Å². The second-order valence-electron chi connectivity index (χ2n) is 6.77. The predicted octanol–water partition coefficient (Wildman–Crippen LogP) is 3.79. The number of nitrogens with zero attached hydrogens (tertiary/aromatic N) is 5. The number of anilines is 2. The summed E-state index contributed by atoms with van der Waals surface area (Å²) in [4.78, 5) is 19.5. The highest BCUT2D eigenvalue weighted by Crippen LogP contribution is 2.30. The summed E-state index contributed by atoms with van der Waals surface area (Å²) in [6.07, 6.45) is 0. The Morgan fingerprint density at radius 2 is 1.88 bits per heavy atom. The van der Waals surface area contributed by atoms with Crippen LogP contribution >= 0.6 is 11.8 Å². The Kier molecular flexibility index (Phi) is 5.27. The van der Waals surface area contributed by atoms with Gasteiger partial charge in [-0.05, 0) is 30.0 Å². The Balaban J connectivity index is 1.91. The van der Waals surface area contributed by atoms with Gasteiger partial charge in [0.15, 0.2) is 0 Å². The lowest BCUT2D eigenvalue weighted by Gasteiger charge is -2.13. The normalized spacial score (nSPS) is 11.3. The first-order valence-corrected chi connectivity index (χ1v) is 9.54. The number of hydrogen-bond acceptors (Lipinski definition) is 7. The summed E-state index contributed by atoms with van der Waals surface area (Å²) >= 11 is 1.61. The van der Waals surface area contributed by atoms with Crippen molar-refractivity contribution in [2.75, 3.05) is 24.7 Å². The summed E-state index contributed by atoms with van der Waals surface area (Å²) in [7, 11) is 3.76. The van der Waals surface area contributed by atoms with Crippen LogP contribution in [0.15, 0.2) is 29.3 Å². The number of rotatable bonds is 5. The molecule has 0 aliphatic heterocycles. The first-order valence-electron chi connectivity index (χ1n) is 8.56. The second kappa shape index (κ2) is 7.45. The molecule has 136 valence electrons. The summed E-state index contributed by atoms with van der Waals surface area (Å²) in [6, 6.07) is 8.52. The molecule has 2 aromatic heterocycles. The van der Waals surface area contributed by atoms with E-state index in [4.69, 9.17) is 10.7 Å². The van der Waals surface area contributed by atoms with Crippen molar-refractivity contribution in [3.8, 4) is 0 Å². The highest BCUT2D eigenvalue weighted by Gasteiger charge is 2.12. The molecule has 0 spiro atoms. The number of pyridine rings is 1. The molecule has 0 radical (unpaired) electrons. The van der Waals surface area contributed by atoms with Crippen molar-refractivity contribution in [1.29, 1.82) is 0 Å². The van der Waals surface area contributed by atoms with Gasteiger partial charge in [-0.25, -0.2) is 4.98 Å². The smallest absolute Gasteiger partial charge is 0.229 e. The largest absolute Gasteiger partial charge is 0.368 e. The molecule has 0 fully saturated rings. The SMILES string of the molecule is Cc1cc(SCc2nc(N)nc(N(C)C)n2)nc2c(C(C)C)cccc12. The Bertz CT molecular complexity index is 939. The molecule has 0 unspecified atom stereocenters. The van der Waals surface area contributed by atoms with E-state index < -0.39 is 0 Å². The lowest BCUT2D eigenvalue weighted by atomic mass is 9.98. The third-order valence-corrected chi connectivity index (χ3v) is 5.02. The van der Waals surface area contributed by atoms with Crippen molar-refractivity contribution < 1.29 is 0 Å². The fourth-order valence-electron chi connectivity index (χ4n) is 2.78. The van der Waals surface area contributed by atoms with Crippen molar-refractivity contribution in [3.63, 3.8) is 0 Å². The van der Waals surface area contributed by atoms with Crippen molar-refractivity contribution >= 4 is 34.6 Å². The first-order chi connectivity index (χ1) is 12.3. The van der Waals surface area contributed by atoms with Crippen molar-refractivity contribution in [2.24, 2.45) is 0 Å². The summed E-state index contributed by atoms with van der Waals surface area (Å²) in [5.74, 6) is 2.48. The Hall–Kier alpha value is -2.41. The number of nitrogens with two attached hydrogens (primary N) is 1. The Labute approximate surface area is 158 Å². The van der Waals surface area contributed by atoms with E-state index in [0.717, 1.165) is 10.5 Å². The number of hydrogen-bond donors (Lipinski definition) is 1. The number of benzene rings is 1. The van der Waals surface area contributed by atoms with Gasteiger partial charge >= 0.3 is 0 Å². The molecule has 0 saturated carbocycles. The zero-order valence-electron chi connectivity index (χ0n) is 15.8. The van der Waals surface area contributed by atoms with Gasteiger partial charge in [0.05, 0.1) is 16.3 Å². The molecule has 0 aliphatic rings. The molecule has 0 atom stereocenters. The number of thioether (sulfide) groups is 1. The van der Waals surface area contributed by atoms with Gasteiger partial charge in [-0.2, -0.15) is 15.0 Å². The maximum atomic E-state index is 5.80. The van der Waals surface area contributed by atoms with Crippen LogP contribution in [-0.2, 0) is 5.75 Å². The standard InChI is InChI=1S/C19H24N6S/c1-11(2)13-7-6-8-14-12(3)9-16(23-17(13)14)26-10-15-21-18(20)24-19(22-15)25(4)5/h6-9,11H,10H2,1-5H3,(H2,20,21,22,24). The van der Waals surface area contributed by atoms with Crippen molar-refractivity contribution in [3.05, 3.63) is 41.2 Å². The molecule has 0 aliphatic carbocycles. The number of aromatic nitrogens is 4. The molecule has 26 heavy (non-hydrogen) atoms. The number of para-hydroxylation sites is 1. The third kappa shape index (κ3) is 3.88. The quantitative estimate of drug-likeness (QED) is 0.686. The highest BCUT2D eigenvalue weighted by molar-refractivity contribution is 7.98. The zero-order chi connectivity index (χ0) is 18.8. The highest BCUT2D eigenvalue weighted by atomic mass is 32.2. The first kappa shape index (κ1) is 18.4. The van der Waals surface area contributed by atoms with Crippen LogP contribution in [-0.4, -0.2) is 34.0 Å². The summed E-state index contributed by atoms with van der Waals surface area (Å²) in [6.45, 7) is 6.52. The van der Waals surface area contributed by atoms with Gasteiger partial charge in [-0.15, -0.1) is 0 Å². The van der Waals surface area contributed by atoms with Gasteiger partial charge in [-0.1, -0.05) is 43.8 Å². The van der Waals surface area contributed by atoms with Crippen LogP contribution in [0.5, 0.6) is 0 Å².